The molecule has 0 amide bonds. The summed E-state index contributed by atoms with van der Waals surface area (Å²) in [5.74, 6) is 2.22. The molecular weight excluding hydrogens is 314 g/mol. The summed E-state index contributed by atoms with van der Waals surface area (Å²) in [7, 11) is 0. The van der Waals surface area contributed by atoms with Gasteiger partial charge in [-0.3, -0.25) is 4.98 Å². The van der Waals surface area contributed by atoms with Gasteiger partial charge in [0.1, 0.15) is 6.10 Å². The zero-order valence-corrected chi connectivity index (χ0v) is 14.9. The average Bonchev–Trinajstić information content (AvgIpc) is 3.18. The van der Waals surface area contributed by atoms with Crippen LogP contribution in [0.5, 0.6) is 5.88 Å². The van der Waals surface area contributed by atoms with Gasteiger partial charge < -0.3 is 14.2 Å². The molecule has 2 aromatic rings. The van der Waals surface area contributed by atoms with Crippen molar-refractivity contribution in [1.29, 1.82) is 0 Å². The summed E-state index contributed by atoms with van der Waals surface area (Å²) in [5.41, 5.74) is 0. The van der Waals surface area contributed by atoms with E-state index < -0.39 is 0 Å². The molecule has 4 rings (SSSR count). The Balaban J connectivity index is 1.46. The number of imidazole rings is 1. The van der Waals surface area contributed by atoms with Gasteiger partial charge in [0.25, 0.3) is 0 Å². The molecule has 0 bridgehead atoms. The van der Waals surface area contributed by atoms with E-state index in [1.54, 1.807) is 6.20 Å². The molecule has 0 aromatic carbocycles. The van der Waals surface area contributed by atoms with Crippen molar-refractivity contribution in [2.75, 3.05) is 18.0 Å². The van der Waals surface area contributed by atoms with E-state index in [0.29, 0.717) is 23.9 Å². The fourth-order valence-electron chi connectivity index (χ4n) is 4.01. The van der Waals surface area contributed by atoms with E-state index in [4.69, 9.17) is 9.72 Å². The molecule has 2 fully saturated rings. The monoisotopic (exact) mass is 341 g/mol. The normalized spacial score (nSPS) is 25.1. The van der Waals surface area contributed by atoms with Crippen LogP contribution >= 0.6 is 0 Å². The molecule has 1 aliphatic carbocycles. The molecule has 25 heavy (non-hydrogen) atoms. The van der Waals surface area contributed by atoms with Crippen LogP contribution in [-0.2, 0) is 0 Å². The number of ether oxygens (including phenoxy) is 1. The number of nitrogens with zero attached hydrogens (tertiary/aromatic N) is 5. The molecule has 0 N–H and O–H groups in total. The Hall–Kier alpha value is -2.11. The molecule has 134 valence electrons. The number of aromatic nitrogens is 4. The highest BCUT2D eigenvalue weighted by Crippen LogP contribution is 2.30. The quantitative estimate of drug-likeness (QED) is 0.852. The predicted octanol–water partition coefficient (Wildman–Crippen LogP) is 3.47. The summed E-state index contributed by atoms with van der Waals surface area (Å²) in [5, 5.41) is 0. The van der Waals surface area contributed by atoms with Gasteiger partial charge in [0.05, 0.1) is 24.8 Å². The third kappa shape index (κ3) is 3.78. The van der Waals surface area contributed by atoms with Gasteiger partial charge >= 0.3 is 0 Å². The molecular formula is C19H27N5O. The Morgan fingerprint density at radius 2 is 1.96 bits per heavy atom. The van der Waals surface area contributed by atoms with Gasteiger partial charge in [0.15, 0.2) is 5.82 Å². The second-order valence-corrected chi connectivity index (χ2v) is 7.38. The van der Waals surface area contributed by atoms with Gasteiger partial charge in [-0.1, -0.05) is 13.3 Å². The van der Waals surface area contributed by atoms with Crippen LogP contribution in [0.15, 0.2) is 31.1 Å². The first-order chi connectivity index (χ1) is 12.3. The first-order valence-corrected chi connectivity index (χ1v) is 9.50. The van der Waals surface area contributed by atoms with Crippen LogP contribution in [0.3, 0.4) is 0 Å². The molecule has 2 aromatic heterocycles. The summed E-state index contributed by atoms with van der Waals surface area (Å²) < 4.78 is 8.31. The molecule has 6 nitrogen and oxygen atoms in total. The lowest BCUT2D eigenvalue weighted by Crippen LogP contribution is -2.41. The van der Waals surface area contributed by atoms with Gasteiger partial charge in [-0.15, -0.1) is 0 Å². The lowest BCUT2D eigenvalue weighted by atomic mass is 9.93. The van der Waals surface area contributed by atoms with E-state index in [0.717, 1.165) is 38.2 Å². The molecule has 1 saturated heterocycles. The summed E-state index contributed by atoms with van der Waals surface area (Å²) in [4.78, 5) is 15.7. The third-order valence-electron chi connectivity index (χ3n) is 5.59. The first-order valence-electron chi connectivity index (χ1n) is 9.50. The summed E-state index contributed by atoms with van der Waals surface area (Å²) in [6.45, 7) is 4.25. The van der Waals surface area contributed by atoms with Crippen LogP contribution in [0.2, 0.25) is 0 Å². The summed E-state index contributed by atoms with van der Waals surface area (Å²) in [6.07, 6.45) is 17.0. The third-order valence-corrected chi connectivity index (χ3v) is 5.59. The predicted molar refractivity (Wildman–Crippen MR) is 96.8 cm³/mol. The maximum atomic E-state index is 6.09. The van der Waals surface area contributed by atoms with Crippen molar-refractivity contribution >= 4 is 5.82 Å². The zero-order valence-electron chi connectivity index (χ0n) is 14.9. The van der Waals surface area contributed by atoms with Crippen molar-refractivity contribution in [3.8, 4) is 5.88 Å². The Morgan fingerprint density at radius 1 is 1.08 bits per heavy atom. The second-order valence-electron chi connectivity index (χ2n) is 7.38. The zero-order chi connectivity index (χ0) is 17.1. The van der Waals surface area contributed by atoms with Crippen LogP contribution in [-0.4, -0.2) is 38.7 Å². The molecule has 3 heterocycles. The van der Waals surface area contributed by atoms with Gasteiger partial charge in [0, 0.05) is 25.5 Å². The topological polar surface area (TPSA) is 56.1 Å². The second kappa shape index (κ2) is 7.42. The highest BCUT2D eigenvalue weighted by Gasteiger charge is 2.28. The summed E-state index contributed by atoms with van der Waals surface area (Å²) in [6, 6.07) is 0.418. The largest absolute Gasteiger partial charge is 0.473 e. The minimum atomic E-state index is 0.304. The minimum Gasteiger partial charge on any atom is -0.473 e. The number of hydrogen-bond donors (Lipinski definition) is 0. The van der Waals surface area contributed by atoms with E-state index in [1.165, 1.54) is 19.3 Å². The molecule has 0 spiro atoms. The standard InChI is InChI=1S/C19H27N5O/c1-15-7-9-23(13-17(15)24-10-8-20-14-24)18-11-21-12-19(22-18)25-16-5-3-2-4-6-16/h8,10-12,14-17H,2-7,9,13H2,1H3. The highest BCUT2D eigenvalue weighted by atomic mass is 16.5. The fraction of sp³-hybridized carbons (Fsp3) is 0.632. The maximum absolute atomic E-state index is 6.09. The minimum absolute atomic E-state index is 0.304. The van der Waals surface area contributed by atoms with E-state index in [2.05, 4.69) is 32.6 Å². The molecule has 2 aliphatic rings. The fourth-order valence-corrected chi connectivity index (χ4v) is 4.01. The highest BCUT2D eigenvalue weighted by molar-refractivity contribution is 5.38. The van der Waals surface area contributed by atoms with E-state index in [9.17, 15) is 0 Å². The van der Waals surface area contributed by atoms with E-state index >= 15 is 0 Å². The van der Waals surface area contributed by atoms with Crippen LogP contribution in [0, 0.1) is 5.92 Å². The average molecular weight is 341 g/mol. The van der Waals surface area contributed by atoms with E-state index in [1.807, 2.05) is 18.7 Å². The molecule has 1 saturated carbocycles. The Bertz CT molecular complexity index is 668. The van der Waals surface area contributed by atoms with Crippen molar-refractivity contribution in [1.82, 2.24) is 19.5 Å². The van der Waals surface area contributed by atoms with Gasteiger partial charge in [0.2, 0.25) is 5.88 Å². The van der Waals surface area contributed by atoms with Gasteiger partial charge in [-0.25, -0.2) is 4.98 Å². The SMILES string of the molecule is CC1CCN(c2cncc(OC3CCCCC3)n2)CC1n1ccnc1. The van der Waals surface area contributed by atoms with Crippen molar-refractivity contribution < 1.29 is 4.74 Å². The Morgan fingerprint density at radius 3 is 2.76 bits per heavy atom. The maximum Gasteiger partial charge on any atom is 0.234 e. The molecule has 0 radical (unpaired) electrons. The van der Waals surface area contributed by atoms with Crippen molar-refractivity contribution in [3.05, 3.63) is 31.1 Å². The van der Waals surface area contributed by atoms with Crippen molar-refractivity contribution in [3.63, 3.8) is 0 Å². The van der Waals surface area contributed by atoms with Crippen LogP contribution in [0.25, 0.3) is 0 Å². The van der Waals surface area contributed by atoms with Crippen LogP contribution in [0.1, 0.15) is 51.5 Å². The first kappa shape index (κ1) is 16.4. The number of piperidine rings is 1. The smallest absolute Gasteiger partial charge is 0.234 e. The lowest BCUT2D eigenvalue weighted by molar-refractivity contribution is 0.148. The van der Waals surface area contributed by atoms with Gasteiger partial charge in [-0.2, -0.15) is 4.98 Å². The Labute approximate surface area is 149 Å². The van der Waals surface area contributed by atoms with Crippen molar-refractivity contribution in [2.45, 2.75) is 57.6 Å². The molecule has 1 aliphatic heterocycles. The Kier molecular flexibility index (Phi) is 4.85. The number of anilines is 1. The molecule has 2 atom stereocenters. The number of hydrogen-bond acceptors (Lipinski definition) is 5. The molecule has 2 unspecified atom stereocenters. The number of rotatable bonds is 4. The lowest BCUT2D eigenvalue weighted by Gasteiger charge is -2.38. The molecule has 6 heteroatoms. The van der Waals surface area contributed by atoms with Crippen LogP contribution < -0.4 is 9.64 Å². The van der Waals surface area contributed by atoms with Crippen molar-refractivity contribution in [2.24, 2.45) is 5.92 Å². The van der Waals surface area contributed by atoms with E-state index in [-0.39, 0.29) is 0 Å². The van der Waals surface area contributed by atoms with Crippen LogP contribution in [0.4, 0.5) is 5.82 Å². The van der Waals surface area contributed by atoms with Gasteiger partial charge in [-0.05, 0) is 38.0 Å². The summed E-state index contributed by atoms with van der Waals surface area (Å²) >= 11 is 0.